The number of hydrogen-bond donors (Lipinski definition) is 0. The largest absolute Gasteiger partial charge is 0.228 e. The van der Waals surface area contributed by atoms with Crippen LogP contribution in [0.5, 0.6) is 0 Å². The van der Waals surface area contributed by atoms with Gasteiger partial charge in [0.05, 0.1) is 22.8 Å². The van der Waals surface area contributed by atoms with Crippen LogP contribution in [0, 0.1) is 17.8 Å². The second kappa shape index (κ2) is 14.5. The van der Waals surface area contributed by atoms with E-state index in [9.17, 15) is 0 Å². The molecule has 3 aliphatic carbocycles. The first-order valence-corrected chi connectivity index (χ1v) is 21.5. The van der Waals surface area contributed by atoms with Crippen LogP contribution in [0.15, 0.2) is 200 Å². The van der Waals surface area contributed by atoms with Gasteiger partial charge in [0.2, 0.25) is 0 Å². The maximum Gasteiger partial charge on any atom is 0.160 e. The lowest BCUT2D eigenvalue weighted by Gasteiger charge is -2.76. The Morgan fingerprint density at radius 1 is 0.311 bits per heavy atom. The molecule has 9 aromatic rings. The van der Waals surface area contributed by atoms with Gasteiger partial charge in [-0.15, -0.1) is 0 Å². The molecule has 61 heavy (non-hydrogen) atoms. The highest BCUT2D eigenvalue weighted by Gasteiger charge is 2.71. The van der Waals surface area contributed by atoms with E-state index in [1.54, 1.807) is 0 Å². The molecular weight excluding hydrogens is 741 g/mol. The van der Waals surface area contributed by atoms with Crippen LogP contribution >= 0.6 is 0 Å². The molecule has 0 N–H and O–H groups in total. The summed E-state index contributed by atoms with van der Waals surface area (Å²) in [4.78, 5) is 20.6. The summed E-state index contributed by atoms with van der Waals surface area (Å²) in [5.74, 6) is 4.26. The minimum Gasteiger partial charge on any atom is -0.228 e. The summed E-state index contributed by atoms with van der Waals surface area (Å²) in [6, 6.07) is 70.6. The van der Waals surface area contributed by atoms with Gasteiger partial charge in [0.25, 0.3) is 0 Å². The van der Waals surface area contributed by atoms with E-state index in [4.69, 9.17) is 19.9 Å². The first-order valence-electron chi connectivity index (χ1n) is 21.5. The van der Waals surface area contributed by atoms with Gasteiger partial charge in [0.15, 0.2) is 11.6 Å². The van der Waals surface area contributed by atoms with Crippen molar-refractivity contribution < 1.29 is 0 Å². The third-order valence-corrected chi connectivity index (χ3v) is 13.7. The van der Waals surface area contributed by atoms with Gasteiger partial charge in [-0.05, 0) is 94.5 Å². The molecule has 12 rings (SSSR count). The molecule has 0 spiro atoms. The van der Waals surface area contributed by atoms with Gasteiger partial charge in [-0.1, -0.05) is 176 Å². The van der Waals surface area contributed by atoms with Gasteiger partial charge in [-0.3, -0.25) is 0 Å². The van der Waals surface area contributed by atoms with Crippen molar-refractivity contribution in [3.8, 4) is 90.1 Å². The van der Waals surface area contributed by atoms with E-state index in [-0.39, 0.29) is 0 Å². The number of aromatic nitrogens is 4. The van der Waals surface area contributed by atoms with Gasteiger partial charge in [-0.25, -0.2) is 19.9 Å². The maximum atomic E-state index is 5.28. The van der Waals surface area contributed by atoms with Crippen LogP contribution in [0.3, 0.4) is 0 Å². The fraction of sp³-hybridized carbons (Fsp3) is 0.123. The monoisotopic (exact) mass is 782 g/mol. The van der Waals surface area contributed by atoms with E-state index < -0.39 is 0 Å². The molecule has 0 aliphatic heterocycles. The topological polar surface area (TPSA) is 51.6 Å². The zero-order valence-corrected chi connectivity index (χ0v) is 33.7. The molecule has 0 bridgehead atoms. The molecule has 290 valence electrons. The van der Waals surface area contributed by atoms with Crippen molar-refractivity contribution in [2.75, 3.05) is 0 Å². The Morgan fingerprint density at radius 2 is 0.705 bits per heavy atom. The predicted octanol–water partition coefficient (Wildman–Crippen LogP) is 13.9. The van der Waals surface area contributed by atoms with Crippen LogP contribution in [0.1, 0.15) is 24.8 Å². The minimum atomic E-state index is 0.403. The van der Waals surface area contributed by atoms with Crippen LogP contribution in [0.4, 0.5) is 0 Å². The average molecular weight is 783 g/mol. The van der Waals surface area contributed by atoms with Crippen molar-refractivity contribution in [1.29, 1.82) is 0 Å². The molecule has 0 saturated heterocycles. The van der Waals surface area contributed by atoms with Gasteiger partial charge in [0, 0.05) is 33.4 Å². The Bertz CT molecular complexity index is 3040. The smallest absolute Gasteiger partial charge is 0.160 e. The Kier molecular flexibility index (Phi) is 8.45. The lowest BCUT2D eigenvalue weighted by atomic mass is 9.28. The third kappa shape index (κ3) is 6.29. The van der Waals surface area contributed by atoms with Crippen molar-refractivity contribution in [2.24, 2.45) is 17.8 Å². The molecule has 0 amide bonds. The van der Waals surface area contributed by atoms with Crippen molar-refractivity contribution in [3.63, 3.8) is 0 Å². The second-order valence-corrected chi connectivity index (χ2v) is 17.2. The van der Waals surface area contributed by atoms with Crippen LogP contribution in [0.2, 0.25) is 0 Å². The highest BCUT2D eigenvalue weighted by Crippen LogP contribution is 2.77. The fourth-order valence-electron chi connectivity index (χ4n) is 10.7. The van der Waals surface area contributed by atoms with Gasteiger partial charge >= 0.3 is 0 Å². The molecular formula is C57H42N4. The molecule has 2 heterocycles. The van der Waals surface area contributed by atoms with E-state index in [0.29, 0.717) is 11.2 Å². The molecule has 0 radical (unpaired) electrons. The second-order valence-electron chi connectivity index (χ2n) is 17.2. The van der Waals surface area contributed by atoms with E-state index in [2.05, 4.69) is 176 Å². The maximum absolute atomic E-state index is 5.28. The van der Waals surface area contributed by atoms with E-state index >= 15 is 0 Å². The molecule has 2 atom stereocenters. The molecule has 3 fully saturated rings. The summed E-state index contributed by atoms with van der Waals surface area (Å²) in [6.07, 6.45) is 4.16. The summed E-state index contributed by atoms with van der Waals surface area (Å²) >= 11 is 0. The van der Waals surface area contributed by atoms with Crippen molar-refractivity contribution in [3.05, 3.63) is 206 Å². The first kappa shape index (κ1) is 35.6. The van der Waals surface area contributed by atoms with Crippen LogP contribution in [-0.2, 0) is 5.41 Å². The number of rotatable bonds is 9. The van der Waals surface area contributed by atoms with Crippen LogP contribution in [0.25, 0.3) is 90.1 Å². The van der Waals surface area contributed by atoms with Crippen molar-refractivity contribution in [2.45, 2.75) is 24.7 Å². The Labute approximate surface area is 356 Å². The summed E-state index contributed by atoms with van der Waals surface area (Å²) in [7, 11) is 0. The van der Waals surface area contributed by atoms with Gasteiger partial charge < -0.3 is 0 Å². The van der Waals surface area contributed by atoms with E-state index in [1.807, 2.05) is 24.3 Å². The van der Waals surface area contributed by atoms with Gasteiger partial charge in [0.1, 0.15) is 0 Å². The quantitative estimate of drug-likeness (QED) is 0.146. The summed E-state index contributed by atoms with van der Waals surface area (Å²) in [5.41, 5.74) is 16.4. The average Bonchev–Trinajstić information content (AvgIpc) is 3.34. The Hall–Kier alpha value is -7.30. The zero-order chi connectivity index (χ0) is 40.3. The lowest BCUT2D eigenvalue weighted by Crippen LogP contribution is -2.71. The summed E-state index contributed by atoms with van der Waals surface area (Å²) < 4.78 is 0. The number of hydrogen-bond acceptors (Lipinski definition) is 4. The molecule has 4 heteroatoms. The highest BCUT2D eigenvalue weighted by atomic mass is 14.9. The van der Waals surface area contributed by atoms with E-state index in [0.717, 1.165) is 90.9 Å². The van der Waals surface area contributed by atoms with Gasteiger partial charge in [-0.2, -0.15) is 0 Å². The zero-order valence-electron chi connectivity index (χ0n) is 33.7. The molecule has 2 unspecified atom stereocenters. The molecule has 3 saturated carbocycles. The minimum absolute atomic E-state index is 0.403. The normalized spacial score (nSPS) is 19.5. The third-order valence-electron chi connectivity index (χ3n) is 13.7. The number of benzene rings is 7. The van der Waals surface area contributed by atoms with Crippen molar-refractivity contribution >= 4 is 0 Å². The first-order chi connectivity index (χ1) is 30.1. The Balaban J connectivity index is 0.877. The molecule has 4 nitrogen and oxygen atoms in total. The summed E-state index contributed by atoms with van der Waals surface area (Å²) in [6.45, 7) is 0. The van der Waals surface area contributed by atoms with Crippen LogP contribution in [-0.4, -0.2) is 19.9 Å². The van der Waals surface area contributed by atoms with Crippen LogP contribution < -0.4 is 0 Å². The molecule has 3 aliphatic rings. The fourth-order valence-corrected chi connectivity index (χ4v) is 10.7. The lowest BCUT2D eigenvalue weighted by molar-refractivity contribution is -0.219. The van der Waals surface area contributed by atoms with Crippen molar-refractivity contribution in [1.82, 2.24) is 19.9 Å². The van der Waals surface area contributed by atoms with E-state index in [1.165, 1.54) is 36.0 Å². The number of nitrogens with zero attached hydrogens (tertiary/aromatic N) is 4. The predicted molar refractivity (Wildman–Crippen MR) is 247 cm³/mol. The molecule has 2 aromatic heterocycles. The summed E-state index contributed by atoms with van der Waals surface area (Å²) in [5, 5.41) is 0. The standard InChI is InChI=1S/C57H42N4/c1-4-12-37(13-5-1)38-22-26-41(27-23-38)51-33-52(59-55(58-51)43-16-8-3-9-17-43)42-28-24-39(25-29-42)44-18-10-20-46(30-44)56-60-50(40-14-6-2-7-15-40)34-53(61-56)45-19-11-21-49(32-45)57-35-47-31-48(36-57)54(47)57/h1-30,32-34,47-48,54H,31,35-36H2. The highest BCUT2D eigenvalue weighted by molar-refractivity contribution is 5.78. The SMILES string of the molecule is c1ccc(-c2ccc(-c3cc(-c4ccc(-c5cccc(-c6nc(-c7ccccc7)cc(-c7cccc(C89CC%10CC(C8)C%109)c7)n6)c5)cc4)nc(-c4ccccc4)n3)cc2)cc1. The molecule has 7 aromatic carbocycles. The Morgan fingerprint density at radius 3 is 1.26 bits per heavy atom.